The molecular formula is C14H14N2O. The first-order chi connectivity index (χ1) is 8.40. The molecule has 2 aromatic rings. The lowest BCUT2D eigenvalue weighted by molar-refractivity contribution is 0.545. The van der Waals surface area contributed by atoms with Crippen molar-refractivity contribution in [1.29, 1.82) is 0 Å². The van der Waals surface area contributed by atoms with Gasteiger partial charge < -0.3 is 9.73 Å². The predicted octanol–water partition coefficient (Wildman–Crippen LogP) is 2.59. The summed E-state index contributed by atoms with van der Waals surface area (Å²) < 4.78 is 5.86. The van der Waals surface area contributed by atoms with Crippen LogP contribution in [0.15, 0.2) is 34.9 Å². The molecule has 2 aromatic heterocycles. The maximum absolute atomic E-state index is 5.86. The third-order valence-electron chi connectivity index (χ3n) is 3.87. The van der Waals surface area contributed by atoms with Crippen LogP contribution in [0.5, 0.6) is 0 Å². The minimum Gasteiger partial charge on any atom is -0.455 e. The van der Waals surface area contributed by atoms with E-state index in [0.717, 1.165) is 35.7 Å². The van der Waals surface area contributed by atoms with Gasteiger partial charge in [-0.05, 0) is 43.0 Å². The Hall–Kier alpha value is -1.61. The lowest BCUT2D eigenvalue weighted by Gasteiger charge is -2.05. The SMILES string of the molecule is C1=C(c2cc3ncccc3o2)CC2CCNC12. The molecule has 3 nitrogen and oxygen atoms in total. The molecule has 86 valence electrons. The van der Waals surface area contributed by atoms with Crippen molar-refractivity contribution in [2.24, 2.45) is 5.92 Å². The number of pyridine rings is 1. The summed E-state index contributed by atoms with van der Waals surface area (Å²) in [6, 6.07) is 6.50. The van der Waals surface area contributed by atoms with Crippen LogP contribution in [0.2, 0.25) is 0 Å². The van der Waals surface area contributed by atoms with Crippen molar-refractivity contribution in [3.05, 3.63) is 36.2 Å². The summed E-state index contributed by atoms with van der Waals surface area (Å²) in [5, 5.41) is 3.52. The second-order valence-corrected chi connectivity index (χ2v) is 4.92. The maximum atomic E-state index is 5.86. The van der Waals surface area contributed by atoms with Gasteiger partial charge in [0.1, 0.15) is 11.3 Å². The predicted molar refractivity (Wildman–Crippen MR) is 66.5 cm³/mol. The number of hydrogen-bond acceptors (Lipinski definition) is 3. The van der Waals surface area contributed by atoms with Crippen LogP contribution in [0.4, 0.5) is 0 Å². The van der Waals surface area contributed by atoms with Crippen LogP contribution in [0, 0.1) is 5.92 Å². The third kappa shape index (κ3) is 1.42. The highest BCUT2D eigenvalue weighted by molar-refractivity contribution is 5.79. The number of rotatable bonds is 1. The van der Waals surface area contributed by atoms with Crippen molar-refractivity contribution in [2.45, 2.75) is 18.9 Å². The summed E-state index contributed by atoms with van der Waals surface area (Å²) in [6.45, 7) is 1.15. The van der Waals surface area contributed by atoms with Crippen LogP contribution in [0.25, 0.3) is 16.7 Å². The van der Waals surface area contributed by atoms with Crippen molar-refractivity contribution in [2.75, 3.05) is 6.54 Å². The molecular weight excluding hydrogens is 212 g/mol. The fourth-order valence-electron chi connectivity index (χ4n) is 2.98. The largest absolute Gasteiger partial charge is 0.455 e. The van der Waals surface area contributed by atoms with Gasteiger partial charge in [0.15, 0.2) is 5.58 Å². The van der Waals surface area contributed by atoms with Crippen molar-refractivity contribution < 1.29 is 4.42 Å². The lowest BCUT2D eigenvalue weighted by atomic mass is 10.0. The molecule has 0 saturated carbocycles. The van der Waals surface area contributed by atoms with Gasteiger partial charge >= 0.3 is 0 Å². The molecule has 17 heavy (non-hydrogen) atoms. The molecule has 2 atom stereocenters. The molecule has 1 saturated heterocycles. The number of nitrogens with one attached hydrogen (secondary N) is 1. The molecule has 2 aliphatic rings. The normalized spacial score (nSPS) is 27.4. The van der Waals surface area contributed by atoms with Gasteiger partial charge in [0, 0.05) is 18.3 Å². The first-order valence-corrected chi connectivity index (χ1v) is 6.19. The van der Waals surface area contributed by atoms with E-state index in [2.05, 4.69) is 22.4 Å². The zero-order chi connectivity index (χ0) is 11.2. The molecule has 0 amide bonds. The highest BCUT2D eigenvalue weighted by Gasteiger charge is 2.32. The standard InChI is InChI=1S/C14H14N2O/c1-2-13-12(15-4-1)8-14(17-13)10-6-9-3-5-16-11(9)7-10/h1-2,4,7-9,11,16H,3,5-6H2. The number of furan rings is 1. The topological polar surface area (TPSA) is 38.1 Å². The Kier molecular flexibility index (Phi) is 1.91. The number of allylic oxidation sites excluding steroid dienone is 1. The molecule has 2 unspecified atom stereocenters. The molecule has 1 aliphatic carbocycles. The minimum atomic E-state index is 0.561. The highest BCUT2D eigenvalue weighted by atomic mass is 16.3. The number of nitrogens with zero attached hydrogens (tertiary/aromatic N) is 1. The molecule has 0 spiro atoms. The summed E-state index contributed by atoms with van der Waals surface area (Å²) in [7, 11) is 0. The van der Waals surface area contributed by atoms with E-state index in [1.807, 2.05) is 12.1 Å². The molecule has 3 heteroatoms. The van der Waals surface area contributed by atoms with Crippen molar-refractivity contribution in [1.82, 2.24) is 10.3 Å². The maximum Gasteiger partial charge on any atom is 0.153 e. The van der Waals surface area contributed by atoms with E-state index in [1.165, 1.54) is 12.0 Å². The van der Waals surface area contributed by atoms with Crippen molar-refractivity contribution >= 4 is 16.7 Å². The molecule has 1 N–H and O–H groups in total. The van der Waals surface area contributed by atoms with Crippen LogP contribution >= 0.6 is 0 Å². The van der Waals surface area contributed by atoms with E-state index in [1.54, 1.807) is 6.20 Å². The van der Waals surface area contributed by atoms with Crippen LogP contribution in [0.3, 0.4) is 0 Å². The van der Waals surface area contributed by atoms with Gasteiger partial charge in [0.2, 0.25) is 0 Å². The van der Waals surface area contributed by atoms with Crippen molar-refractivity contribution in [3.8, 4) is 0 Å². The van der Waals surface area contributed by atoms with Crippen molar-refractivity contribution in [3.63, 3.8) is 0 Å². The van der Waals surface area contributed by atoms with Gasteiger partial charge in [-0.25, -0.2) is 0 Å². The van der Waals surface area contributed by atoms with E-state index in [4.69, 9.17) is 4.42 Å². The quantitative estimate of drug-likeness (QED) is 0.812. The molecule has 0 radical (unpaired) electrons. The van der Waals surface area contributed by atoms with Gasteiger partial charge in [0.05, 0.1) is 0 Å². The smallest absolute Gasteiger partial charge is 0.153 e. The van der Waals surface area contributed by atoms with E-state index >= 15 is 0 Å². The monoisotopic (exact) mass is 226 g/mol. The Morgan fingerprint density at radius 3 is 3.29 bits per heavy atom. The van der Waals surface area contributed by atoms with Crippen LogP contribution in [0.1, 0.15) is 18.6 Å². The van der Waals surface area contributed by atoms with E-state index in [9.17, 15) is 0 Å². The molecule has 3 heterocycles. The number of fused-ring (bicyclic) bond motifs is 2. The number of aromatic nitrogens is 1. The van der Waals surface area contributed by atoms with Crippen LogP contribution < -0.4 is 5.32 Å². The van der Waals surface area contributed by atoms with E-state index < -0.39 is 0 Å². The molecule has 1 fully saturated rings. The Morgan fingerprint density at radius 2 is 2.41 bits per heavy atom. The second kappa shape index (κ2) is 3.44. The van der Waals surface area contributed by atoms with Gasteiger partial charge in [0.25, 0.3) is 0 Å². The van der Waals surface area contributed by atoms with Gasteiger partial charge in [-0.15, -0.1) is 0 Å². The van der Waals surface area contributed by atoms with E-state index in [0.29, 0.717) is 6.04 Å². The average molecular weight is 226 g/mol. The van der Waals surface area contributed by atoms with E-state index in [-0.39, 0.29) is 0 Å². The van der Waals surface area contributed by atoms with Gasteiger partial charge in [-0.3, -0.25) is 4.98 Å². The van der Waals surface area contributed by atoms with Crippen LogP contribution in [-0.4, -0.2) is 17.6 Å². The summed E-state index contributed by atoms with van der Waals surface area (Å²) in [5.41, 5.74) is 3.17. The molecule has 4 rings (SSSR count). The molecule has 0 aromatic carbocycles. The Morgan fingerprint density at radius 1 is 1.41 bits per heavy atom. The van der Waals surface area contributed by atoms with Crippen LogP contribution in [-0.2, 0) is 0 Å². The Balaban J connectivity index is 1.75. The number of hydrogen-bond donors (Lipinski definition) is 1. The lowest BCUT2D eigenvalue weighted by Crippen LogP contribution is -2.20. The highest BCUT2D eigenvalue weighted by Crippen LogP contribution is 2.38. The summed E-state index contributed by atoms with van der Waals surface area (Å²) in [5.74, 6) is 1.76. The fraction of sp³-hybridized carbons (Fsp3) is 0.357. The third-order valence-corrected chi connectivity index (χ3v) is 3.87. The Bertz CT molecular complexity index is 566. The molecule has 0 bridgehead atoms. The average Bonchev–Trinajstić information content (AvgIpc) is 3.01. The summed E-state index contributed by atoms with van der Waals surface area (Å²) in [4.78, 5) is 4.31. The second-order valence-electron chi connectivity index (χ2n) is 4.92. The molecule has 1 aliphatic heterocycles. The van der Waals surface area contributed by atoms with Gasteiger partial charge in [-0.1, -0.05) is 6.08 Å². The Labute approximate surface area is 99.5 Å². The fourth-order valence-corrected chi connectivity index (χ4v) is 2.98. The first-order valence-electron chi connectivity index (χ1n) is 6.19. The summed E-state index contributed by atoms with van der Waals surface area (Å²) in [6.07, 6.45) is 6.55. The van der Waals surface area contributed by atoms with Gasteiger partial charge in [-0.2, -0.15) is 0 Å². The zero-order valence-electron chi connectivity index (χ0n) is 9.52. The summed E-state index contributed by atoms with van der Waals surface area (Å²) >= 11 is 0. The first kappa shape index (κ1) is 9.42. The zero-order valence-corrected chi connectivity index (χ0v) is 9.52. The minimum absolute atomic E-state index is 0.561.